The Balaban J connectivity index is 1.63. The standard InChI is InChI=1S/C18H24N3O4/c1-11(17(19)24)6-7-15(23)20-9-8-13-16(20)14(22)10-21(13)18(25)12-4-2-3-5-12/h2-3,7,11-13,16H,4-6,8-10H2,1H3,(H2,19,24). The second kappa shape index (κ2) is 6.98. The van der Waals surface area contributed by atoms with Crippen LogP contribution >= 0.6 is 0 Å². The van der Waals surface area contributed by atoms with Gasteiger partial charge >= 0.3 is 0 Å². The number of primary amides is 1. The minimum Gasteiger partial charge on any atom is -0.369 e. The molecule has 0 bridgehead atoms. The van der Waals surface area contributed by atoms with E-state index in [-0.39, 0.29) is 42.5 Å². The number of rotatable bonds is 5. The first-order valence-electron chi connectivity index (χ1n) is 8.81. The van der Waals surface area contributed by atoms with Crippen molar-refractivity contribution in [2.75, 3.05) is 13.1 Å². The summed E-state index contributed by atoms with van der Waals surface area (Å²) < 4.78 is 0. The molecule has 3 unspecified atom stereocenters. The molecule has 7 heteroatoms. The average molecular weight is 346 g/mol. The summed E-state index contributed by atoms with van der Waals surface area (Å²) in [5.41, 5.74) is 5.21. The Morgan fingerprint density at radius 3 is 2.60 bits per heavy atom. The number of hydrogen-bond donors (Lipinski definition) is 1. The third-order valence-electron chi connectivity index (χ3n) is 5.48. The van der Waals surface area contributed by atoms with Crippen molar-refractivity contribution in [3.05, 3.63) is 18.6 Å². The minimum absolute atomic E-state index is 0.0199. The number of likely N-dealkylation sites (tertiary alicyclic amines) is 2. The van der Waals surface area contributed by atoms with Crippen molar-refractivity contribution in [1.29, 1.82) is 0 Å². The van der Waals surface area contributed by atoms with Gasteiger partial charge in [-0.1, -0.05) is 19.1 Å². The summed E-state index contributed by atoms with van der Waals surface area (Å²) >= 11 is 0. The molecule has 3 amide bonds. The first-order chi connectivity index (χ1) is 11.9. The molecule has 0 spiro atoms. The molecule has 135 valence electrons. The lowest BCUT2D eigenvalue weighted by molar-refractivity contribution is -0.137. The molecule has 25 heavy (non-hydrogen) atoms. The summed E-state index contributed by atoms with van der Waals surface area (Å²) in [6.45, 7) is 2.20. The lowest BCUT2D eigenvalue weighted by atomic mass is 10.0. The van der Waals surface area contributed by atoms with Gasteiger partial charge in [-0.05, 0) is 25.7 Å². The van der Waals surface area contributed by atoms with E-state index in [4.69, 9.17) is 5.73 Å². The molecule has 7 nitrogen and oxygen atoms in total. The lowest BCUT2D eigenvalue weighted by Crippen LogP contribution is -2.44. The molecule has 0 aromatic carbocycles. The van der Waals surface area contributed by atoms with Crippen molar-refractivity contribution >= 4 is 23.5 Å². The topological polar surface area (TPSA) is 101 Å². The number of carbonyl (C=O) groups excluding carboxylic acids is 4. The van der Waals surface area contributed by atoms with E-state index in [0.717, 1.165) is 12.8 Å². The fraction of sp³-hybridized carbons (Fsp3) is 0.611. The maximum Gasteiger partial charge on any atom is 0.227 e. The fourth-order valence-electron chi connectivity index (χ4n) is 3.92. The minimum atomic E-state index is -0.550. The maximum atomic E-state index is 12.7. The van der Waals surface area contributed by atoms with Crippen LogP contribution in [-0.4, -0.2) is 58.5 Å². The molecule has 2 heterocycles. The molecule has 2 N–H and O–H groups in total. The first-order valence-corrected chi connectivity index (χ1v) is 8.81. The quantitative estimate of drug-likeness (QED) is 0.711. The third kappa shape index (κ3) is 3.32. The Hall–Kier alpha value is -2.18. The molecule has 0 aromatic rings. The largest absolute Gasteiger partial charge is 0.369 e. The molecule has 1 radical (unpaired) electrons. The third-order valence-corrected chi connectivity index (χ3v) is 5.48. The number of nitrogens with zero attached hydrogens (tertiary/aromatic N) is 2. The molecule has 3 aliphatic rings. The normalized spacial score (nSPS) is 27.0. The maximum absolute atomic E-state index is 12.7. The van der Waals surface area contributed by atoms with Crippen LogP contribution < -0.4 is 5.73 Å². The Kier molecular flexibility index (Phi) is 4.92. The number of carbonyl (C=O) groups is 4. The van der Waals surface area contributed by atoms with E-state index in [9.17, 15) is 19.2 Å². The van der Waals surface area contributed by atoms with E-state index in [0.29, 0.717) is 13.0 Å². The van der Waals surface area contributed by atoms with Gasteiger partial charge in [0.1, 0.15) is 6.04 Å². The first kappa shape index (κ1) is 17.6. The van der Waals surface area contributed by atoms with Crippen molar-refractivity contribution in [2.45, 2.75) is 44.7 Å². The predicted molar refractivity (Wildman–Crippen MR) is 89.8 cm³/mol. The van der Waals surface area contributed by atoms with E-state index in [1.807, 2.05) is 12.2 Å². The molecule has 3 atom stereocenters. The second-order valence-corrected chi connectivity index (χ2v) is 7.15. The highest BCUT2D eigenvalue weighted by molar-refractivity contribution is 5.99. The van der Waals surface area contributed by atoms with Crippen molar-refractivity contribution in [1.82, 2.24) is 9.80 Å². The highest BCUT2D eigenvalue weighted by atomic mass is 16.2. The molecule has 3 rings (SSSR count). The Morgan fingerprint density at radius 2 is 1.96 bits per heavy atom. The number of hydrogen-bond acceptors (Lipinski definition) is 4. The van der Waals surface area contributed by atoms with Gasteiger partial charge in [0.05, 0.1) is 19.0 Å². The monoisotopic (exact) mass is 346 g/mol. The van der Waals surface area contributed by atoms with Crippen molar-refractivity contribution in [3.63, 3.8) is 0 Å². The van der Waals surface area contributed by atoms with E-state index >= 15 is 0 Å². The summed E-state index contributed by atoms with van der Waals surface area (Å²) in [6, 6.07) is -0.766. The number of nitrogens with two attached hydrogens (primary N) is 1. The molecular formula is C18H24N3O4. The summed E-state index contributed by atoms with van der Waals surface area (Å²) in [5, 5.41) is 0. The zero-order valence-corrected chi connectivity index (χ0v) is 14.4. The van der Waals surface area contributed by atoms with Gasteiger partial charge in [0.25, 0.3) is 0 Å². The smallest absolute Gasteiger partial charge is 0.227 e. The predicted octanol–water partition coefficient (Wildman–Crippen LogP) is 0.0492. The van der Waals surface area contributed by atoms with Crippen LogP contribution in [0.1, 0.15) is 32.6 Å². The highest BCUT2D eigenvalue weighted by Gasteiger charge is 2.51. The number of allylic oxidation sites excluding steroid dienone is 2. The van der Waals surface area contributed by atoms with Crippen LogP contribution in [0.2, 0.25) is 0 Å². The summed E-state index contributed by atoms with van der Waals surface area (Å²) in [6.07, 6.45) is 7.75. The zero-order chi connectivity index (χ0) is 18.1. The average Bonchev–Trinajstić information content (AvgIpc) is 3.29. The number of Topliss-reactive ketones (excluding diaryl/α,β-unsaturated/α-hetero) is 1. The van der Waals surface area contributed by atoms with Gasteiger partial charge in [0, 0.05) is 18.4 Å². The van der Waals surface area contributed by atoms with Crippen molar-refractivity contribution < 1.29 is 19.2 Å². The van der Waals surface area contributed by atoms with Crippen LogP contribution in [0.5, 0.6) is 0 Å². The highest BCUT2D eigenvalue weighted by Crippen LogP contribution is 2.33. The van der Waals surface area contributed by atoms with Crippen LogP contribution in [0.4, 0.5) is 0 Å². The molecule has 0 aromatic heterocycles. The van der Waals surface area contributed by atoms with Gasteiger partial charge in [0.15, 0.2) is 5.78 Å². The summed E-state index contributed by atoms with van der Waals surface area (Å²) in [5.74, 6) is -1.26. The molecular weight excluding hydrogens is 322 g/mol. The molecule has 1 aliphatic carbocycles. The van der Waals surface area contributed by atoms with Crippen LogP contribution in [0, 0.1) is 18.3 Å². The van der Waals surface area contributed by atoms with Crippen LogP contribution in [0.25, 0.3) is 0 Å². The SMILES string of the molecule is CC(C[CH]C(=O)N1CCC2C1C(=O)CN2C(=O)C1CC=CC1)C(N)=O. The van der Waals surface area contributed by atoms with Gasteiger partial charge in [-0.25, -0.2) is 0 Å². The van der Waals surface area contributed by atoms with Crippen LogP contribution in [0.3, 0.4) is 0 Å². The van der Waals surface area contributed by atoms with Gasteiger partial charge in [-0.3, -0.25) is 19.2 Å². The van der Waals surface area contributed by atoms with Gasteiger partial charge in [0.2, 0.25) is 17.7 Å². The second-order valence-electron chi connectivity index (χ2n) is 7.15. The van der Waals surface area contributed by atoms with E-state index in [1.54, 1.807) is 16.7 Å². The Labute approximate surface area is 147 Å². The van der Waals surface area contributed by atoms with Crippen LogP contribution in [-0.2, 0) is 19.2 Å². The number of amides is 3. The van der Waals surface area contributed by atoms with Gasteiger partial charge < -0.3 is 15.5 Å². The Bertz CT molecular complexity index is 622. The van der Waals surface area contributed by atoms with E-state index in [2.05, 4.69) is 0 Å². The number of ketones is 1. The molecule has 2 aliphatic heterocycles. The van der Waals surface area contributed by atoms with Crippen LogP contribution in [0.15, 0.2) is 12.2 Å². The fourth-order valence-corrected chi connectivity index (χ4v) is 3.92. The molecule has 2 saturated heterocycles. The summed E-state index contributed by atoms with van der Waals surface area (Å²) in [4.78, 5) is 51.9. The van der Waals surface area contributed by atoms with E-state index in [1.165, 1.54) is 6.42 Å². The van der Waals surface area contributed by atoms with Gasteiger partial charge in [-0.15, -0.1) is 0 Å². The zero-order valence-electron chi connectivity index (χ0n) is 14.4. The van der Waals surface area contributed by atoms with E-state index < -0.39 is 17.9 Å². The van der Waals surface area contributed by atoms with Crippen molar-refractivity contribution in [2.24, 2.45) is 17.6 Å². The Morgan fingerprint density at radius 1 is 1.28 bits per heavy atom. The molecule has 0 saturated carbocycles. The van der Waals surface area contributed by atoms with Gasteiger partial charge in [-0.2, -0.15) is 0 Å². The lowest BCUT2D eigenvalue weighted by Gasteiger charge is -2.26. The van der Waals surface area contributed by atoms with Crippen molar-refractivity contribution in [3.8, 4) is 0 Å². The summed E-state index contributed by atoms with van der Waals surface area (Å²) in [7, 11) is 0. The molecule has 2 fully saturated rings. The number of fused-ring (bicyclic) bond motifs is 1.